The Balaban J connectivity index is 1.39. The van der Waals surface area contributed by atoms with Gasteiger partial charge in [-0.3, -0.25) is 0 Å². The molecular weight excluding hydrogens is 534 g/mol. The number of benzene rings is 5. The number of hydrogen-bond donors (Lipinski definition) is 0. The Morgan fingerprint density at radius 2 is 1.27 bits per heavy atom. The highest BCUT2D eigenvalue weighted by molar-refractivity contribution is 6.16. The normalized spacial score (nSPS) is 21.9. The molecule has 0 bridgehead atoms. The molecule has 0 amide bonds. The maximum absolute atomic E-state index is 2.75. The van der Waals surface area contributed by atoms with Crippen LogP contribution in [-0.4, -0.2) is 9.13 Å². The molecule has 3 unspecified atom stereocenters. The van der Waals surface area contributed by atoms with Gasteiger partial charge in [-0.2, -0.15) is 4.57 Å². The topological polar surface area (TPSA) is 13.7 Å². The lowest BCUT2D eigenvalue weighted by Crippen LogP contribution is -2.65. The smallest absolute Gasteiger partial charge is 0.288 e. The molecule has 5 heterocycles. The summed E-state index contributed by atoms with van der Waals surface area (Å²) in [5.74, 6) is 2.36. The predicted molar refractivity (Wildman–Crippen MR) is 177 cm³/mol. The molecule has 0 saturated heterocycles. The zero-order valence-corrected chi connectivity index (χ0v) is 24.2. The van der Waals surface area contributed by atoms with E-state index in [0.29, 0.717) is 11.8 Å². The van der Waals surface area contributed by atoms with E-state index in [4.69, 9.17) is 0 Å². The van der Waals surface area contributed by atoms with Gasteiger partial charge in [0.2, 0.25) is 0 Å². The van der Waals surface area contributed by atoms with Crippen LogP contribution in [0.2, 0.25) is 0 Å². The molecule has 1 spiro atoms. The van der Waals surface area contributed by atoms with Crippen LogP contribution < -0.4 is 4.57 Å². The van der Waals surface area contributed by atoms with Crippen molar-refractivity contribution in [2.45, 2.75) is 30.7 Å². The number of para-hydroxylation sites is 2. The maximum atomic E-state index is 2.75. The second kappa shape index (κ2) is 7.31. The van der Waals surface area contributed by atoms with Gasteiger partial charge in [0.25, 0.3) is 5.82 Å². The van der Waals surface area contributed by atoms with Crippen molar-refractivity contribution in [2.75, 3.05) is 0 Å². The fraction of sp³-hybridized carbons (Fsp3) is 0.146. The molecule has 12 rings (SSSR count). The van der Waals surface area contributed by atoms with Crippen LogP contribution in [0.15, 0.2) is 121 Å². The Labute approximate surface area is 254 Å². The molecule has 3 nitrogen and oxygen atoms in total. The van der Waals surface area contributed by atoms with Crippen LogP contribution in [0, 0.1) is 5.92 Å². The van der Waals surface area contributed by atoms with Crippen molar-refractivity contribution in [1.29, 1.82) is 0 Å². The van der Waals surface area contributed by atoms with E-state index in [1.165, 1.54) is 91.1 Å². The summed E-state index contributed by atoms with van der Waals surface area (Å²) in [6.07, 6.45) is 6.32. The van der Waals surface area contributed by atoms with Gasteiger partial charge in [-0.25, -0.2) is 4.57 Å². The summed E-state index contributed by atoms with van der Waals surface area (Å²) in [6.45, 7) is 0. The Bertz CT molecular complexity index is 2600. The van der Waals surface area contributed by atoms with Crippen molar-refractivity contribution in [2.24, 2.45) is 5.92 Å². The van der Waals surface area contributed by atoms with Crippen LogP contribution in [0.25, 0.3) is 66.2 Å². The van der Waals surface area contributed by atoms with E-state index < -0.39 is 0 Å². The maximum Gasteiger partial charge on any atom is 0.288 e. The minimum absolute atomic E-state index is 0.264. The zero-order chi connectivity index (χ0) is 28.3. The molecule has 5 aromatic carbocycles. The van der Waals surface area contributed by atoms with E-state index in [1.807, 2.05) is 0 Å². The molecule has 8 aromatic rings. The van der Waals surface area contributed by atoms with E-state index in [0.717, 1.165) is 0 Å². The van der Waals surface area contributed by atoms with Crippen LogP contribution in [0.5, 0.6) is 0 Å². The van der Waals surface area contributed by atoms with Crippen LogP contribution in [0.3, 0.4) is 0 Å². The fourth-order valence-corrected chi connectivity index (χ4v) is 10.4. The number of nitrogens with zero attached hydrogens (tertiary/aromatic N) is 3. The Kier molecular flexibility index (Phi) is 3.72. The van der Waals surface area contributed by atoms with Crippen molar-refractivity contribution in [3.05, 3.63) is 138 Å². The highest BCUT2D eigenvalue weighted by Gasteiger charge is 2.65. The van der Waals surface area contributed by atoms with Gasteiger partial charge in [-0.1, -0.05) is 79.2 Å². The van der Waals surface area contributed by atoms with Crippen molar-refractivity contribution >= 4 is 43.6 Å². The average Bonchev–Trinajstić information content (AvgIpc) is 3.84. The van der Waals surface area contributed by atoms with Gasteiger partial charge in [0.15, 0.2) is 11.1 Å². The Hall–Kier alpha value is -5.15. The van der Waals surface area contributed by atoms with Crippen molar-refractivity contribution in [1.82, 2.24) is 9.13 Å². The van der Waals surface area contributed by atoms with E-state index in [2.05, 4.69) is 135 Å². The van der Waals surface area contributed by atoms with Gasteiger partial charge in [0.05, 0.1) is 28.5 Å². The zero-order valence-electron chi connectivity index (χ0n) is 24.2. The fourth-order valence-electron chi connectivity index (χ4n) is 10.4. The highest BCUT2D eigenvalue weighted by Crippen LogP contribution is 2.66. The van der Waals surface area contributed by atoms with Crippen LogP contribution in [0.4, 0.5) is 0 Å². The lowest BCUT2D eigenvalue weighted by molar-refractivity contribution is -0.745. The third-order valence-electron chi connectivity index (χ3n) is 11.8. The quantitative estimate of drug-likeness (QED) is 0.177. The van der Waals surface area contributed by atoms with Crippen LogP contribution in [0.1, 0.15) is 41.9 Å². The first-order valence-electron chi connectivity index (χ1n) is 16.1. The number of fused-ring (bicyclic) bond motifs is 11. The van der Waals surface area contributed by atoms with E-state index in [9.17, 15) is 0 Å². The van der Waals surface area contributed by atoms with Crippen molar-refractivity contribution in [3.8, 4) is 22.6 Å². The monoisotopic (exact) mass is 562 g/mol. The van der Waals surface area contributed by atoms with E-state index >= 15 is 0 Å². The molecule has 44 heavy (non-hydrogen) atoms. The summed E-state index contributed by atoms with van der Waals surface area (Å²) in [5, 5.41) is 5.44. The third kappa shape index (κ3) is 2.23. The van der Waals surface area contributed by atoms with Gasteiger partial charge < -0.3 is 4.57 Å². The first kappa shape index (κ1) is 22.4. The summed E-state index contributed by atoms with van der Waals surface area (Å²) in [4.78, 5) is 0. The van der Waals surface area contributed by atoms with Gasteiger partial charge >= 0.3 is 0 Å². The molecule has 1 saturated carbocycles. The highest BCUT2D eigenvalue weighted by atomic mass is 15.2. The SMILES string of the molecule is c1ccc(-c2ccc3[n+](c2)C24c5c(ccc6c7ccccc7n(c56)-c5ccc6c7ccccc7n-3c6c52)C2CCCC24)cc1. The number of aromatic nitrogens is 3. The molecule has 206 valence electrons. The molecule has 3 heteroatoms. The molecule has 3 aromatic heterocycles. The second-order valence-electron chi connectivity index (χ2n) is 13.4. The van der Waals surface area contributed by atoms with Gasteiger partial charge in [-0.15, -0.1) is 0 Å². The molecule has 2 aliphatic carbocycles. The van der Waals surface area contributed by atoms with Gasteiger partial charge in [0, 0.05) is 44.7 Å². The van der Waals surface area contributed by atoms with Gasteiger partial charge in [-0.05, 0) is 66.3 Å². The summed E-state index contributed by atoms with van der Waals surface area (Å²) in [7, 11) is 0. The molecule has 1 fully saturated rings. The molecular formula is C41H28N3+. The minimum atomic E-state index is -0.264. The summed E-state index contributed by atoms with van der Waals surface area (Å²) in [6, 6.07) is 43.6. The second-order valence-corrected chi connectivity index (χ2v) is 13.4. The molecule has 3 atom stereocenters. The van der Waals surface area contributed by atoms with Crippen molar-refractivity contribution < 1.29 is 4.57 Å². The summed E-state index contributed by atoms with van der Waals surface area (Å²) in [5.41, 5.74) is 13.7. The molecule has 0 N–H and O–H groups in total. The van der Waals surface area contributed by atoms with Crippen LogP contribution >= 0.6 is 0 Å². The number of hydrogen-bond acceptors (Lipinski definition) is 0. The number of rotatable bonds is 1. The molecule has 2 aliphatic heterocycles. The van der Waals surface area contributed by atoms with Crippen molar-refractivity contribution in [3.63, 3.8) is 0 Å². The van der Waals surface area contributed by atoms with E-state index in [1.54, 1.807) is 11.1 Å². The third-order valence-corrected chi connectivity index (χ3v) is 11.8. The lowest BCUT2D eigenvalue weighted by Gasteiger charge is -2.42. The summed E-state index contributed by atoms with van der Waals surface area (Å²) >= 11 is 0. The van der Waals surface area contributed by atoms with Crippen LogP contribution in [-0.2, 0) is 5.54 Å². The van der Waals surface area contributed by atoms with E-state index in [-0.39, 0.29) is 5.54 Å². The van der Waals surface area contributed by atoms with Gasteiger partial charge in [0.1, 0.15) is 5.52 Å². The lowest BCUT2D eigenvalue weighted by atomic mass is 9.71. The molecule has 0 radical (unpaired) electrons. The predicted octanol–water partition coefficient (Wildman–Crippen LogP) is 9.15. The largest absolute Gasteiger partial charge is 0.308 e. The summed E-state index contributed by atoms with van der Waals surface area (Å²) < 4.78 is 7.97. The molecule has 4 aliphatic rings. The average molecular weight is 563 g/mol. The Morgan fingerprint density at radius 3 is 2.09 bits per heavy atom. The number of pyridine rings is 1. The first-order valence-corrected chi connectivity index (χ1v) is 16.1. The Morgan fingerprint density at radius 1 is 0.568 bits per heavy atom. The first-order chi connectivity index (χ1) is 21.9. The minimum Gasteiger partial charge on any atom is -0.308 e. The standard InChI is InChI=1S/C41H28N3/c1-2-9-24(10-3-1)25-17-22-36-42(23-25)41-32-14-8-13-26(32)29-18-19-30-27-11-4-6-15-33(27)43(39(30)37(29)41)35-21-20-31-28-12-5-7-16-34(28)44(36)40(31)38(35)41/h1-7,9-12,15-23,26,32H,8,13-14H2/q+1.